The van der Waals surface area contributed by atoms with Crippen LogP contribution in [0.2, 0.25) is 0 Å². The van der Waals surface area contributed by atoms with Gasteiger partial charge in [0.25, 0.3) is 5.56 Å². The predicted octanol–water partition coefficient (Wildman–Crippen LogP) is -0.132. The monoisotopic (exact) mass is 166 g/mol. The normalized spacial score (nSPS) is 10.3. The lowest BCUT2D eigenvalue weighted by Crippen LogP contribution is -2.04. The van der Waals surface area contributed by atoms with Gasteiger partial charge < -0.3 is 10.1 Å². The molecule has 5 nitrogen and oxygen atoms in total. The summed E-state index contributed by atoms with van der Waals surface area (Å²) in [5.74, 6) is -1.05. The molecule has 1 aromatic rings. The van der Waals surface area contributed by atoms with Crippen molar-refractivity contribution >= 4 is 12.0 Å². The first kappa shape index (κ1) is 8.19. The van der Waals surface area contributed by atoms with Crippen LogP contribution in [0.15, 0.2) is 23.3 Å². The molecule has 2 N–H and O–H groups in total. The number of aromatic nitrogens is 2. The average molecular weight is 166 g/mol. The lowest BCUT2D eigenvalue weighted by atomic mass is 10.4. The van der Waals surface area contributed by atoms with E-state index in [2.05, 4.69) is 9.97 Å². The first-order valence-electron chi connectivity index (χ1n) is 3.14. The largest absolute Gasteiger partial charge is 0.478 e. The Balaban J connectivity index is 2.84. The van der Waals surface area contributed by atoms with E-state index >= 15 is 0 Å². The van der Waals surface area contributed by atoms with Crippen molar-refractivity contribution in [2.24, 2.45) is 0 Å². The van der Waals surface area contributed by atoms with Crippen LogP contribution in [0.25, 0.3) is 6.08 Å². The highest BCUT2D eigenvalue weighted by Gasteiger charge is 1.89. The number of nitrogens with one attached hydrogen (secondary N) is 1. The van der Waals surface area contributed by atoms with Gasteiger partial charge in [-0.05, 0) is 6.08 Å². The Morgan fingerprint density at radius 1 is 1.67 bits per heavy atom. The van der Waals surface area contributed by atoms with Crippen molar-refractivity contribution < 1.29 is 9.90 Å². The third-order valence-corrected chi connectivity index (χ3v) is 1.09. The van der Waals surface area contributed by atoms with E-state index in [0.717, 1.165) is 12.3 Å². The van der Waals surface area contributed by atoms with Crippen molar-refractivity contribution in [1.82, 2.24) is 9.97 Å². The Hall–Kier alpha value is -1.91. The summed E-state index contributed by atoms with van der Waals surface area (Å²) in [6.07, 6.45) is 4.65. The van der Waals surface area contributed by atoms with E-state index in [0.29, 0.717) is 5.69 Å². The first-order valence-corrected chi connectivity index (χ1v) is 3.14. The lowest BCUT2D eigenvalue weighted by molar-refractivity contribution is -0.131. The van der Waals surface area contributed by atoms with Gasteiger partial charge in [0, 0.05) is 12.3 Å². The number of rotatable bonds is 2. The molecular weight excluding hydrogens is 160 g/mol. The average Bonchev–Trinajstić information content (AvgIpc) is 2.03. The second-order valence-corrected chi connectivity index (χ2v) is 2.01. The van der Waals surface area contributed by atoms with Crippen LogP contribution < -0.4 is 5.56 Å². The molecule has 0 spiro atoms. The summed E-state index contributed by atoms with van der Waals surface area (Å²) in [6, 6.07) is 0. The van der Waals surface area contributed by atoms with Gasteiger partial charge in [-0.2, -0.15) is 0 Å². The number of nitrogens with zero attached hydrogens (tertiary/aromatic N) is 1. The molecule has 0 saturated carbocycles. The molecule has 62 valence electrons. The summed E-state index contributed by atoms with van der Waals surface area (Å²) in [5, 5.41) is 8.24. The zero-order valence-corrected chi connectivity index (χ0v) is 6.02. The van der Waals surface area contributed by atoms with Gasteiger partial charge in [-0.1, -0.05) is 0 Å². The summed E-state index contributed by atoms with van der Waals surface area (Å²) >= 11 is 0. The summed E-state index contributed by atoms with van der Waals surface area (Å²) < 4.78 is 0. The summed E-state index contributed by atoms with van der Waals surface area (Å²) in [6.45, 7) is 0. The molecule has 5 heteroatoms. The minimum atomic E-state index is -1.05. The fraction of sp³-hybridized carbons (Fsp3) is 0. The van der Waals surface area contributed by atoms with Gasteiger partial charge in [0.2, 0.25) is 0 Å². The molecule has 1 aromatic heterocycles. The van der Waals surface area contributed by atoms with Crippen LogP contribution in [0.3, 0.4) is 0 Å². The maximum Gasteiger partial charge on any atom is 0.328 e. The second-order valence-electron chi connectivity index (χ2n) is 2.01. The van der Waals surface area contributed by atoms with Crippen LogP contribution >= 0.6 is 0 Å². The van der Waals surface area contributed by atoms with Crippen LogP contribution in [0.1, 0.15) is 5.69 Å². The van der Waals surface area contributed by atoms with Gasteiger partial charge >= 0.3 is 5.97 Å². The van der Waals surface area contributed by atoms with E-state index in [1.54, 1.807) is 0 Å². The summed E-state index contributed by atoms with van der Waals surface area (Å²) in [7, 11) is 0. The predicted molar refractivity (Wildman–Crippen MR) is 41.5 cm³/mol. The molecule has 0 saturated heterocycles. The fourth-order valence-corrected chi connectivity index (χ4v) is 0.601. The number of carboxylic acid groups (broad SMARTS) is 1. The third-order valence-electron chi connectivity index (χ3n) is 1.09. The van der Waals surface area contributed by atoms with Gasteiger partial charge in [0.05, 0.1) is 11.9 Å². The van der Waals surface area contributed by atoms with Crippen molar-refractivity contribution in [2.45, 2.75) is 0 Å². The molecule has 1 heterocycles. The molecule has 0 fully saturated rings. The quantitative estimate of drug-likeness (QED) is 0.599. The van der Waals surface area contributed by atoms with Crippen LogP contribution in [0.4, 0.5) is 0 Å². The van der Waals surface area contributed by atoms with E-state index in [-0.39, 0.29) is 5.56 Å². The second kappa shape index (κ2) is 3.47. The van der Waals surface area contributed by atoms with E-state index in [1.807, 2.05) is 0 Å². The van der Waals surface area contributed by atoms with Gasteiger partial charge in [-0.25, -0.2) is 9.78 Å². The highest BCUT2D eigenvalue weighted by Crippen LogP contribution is 1.90. The maximum absolute atomic E-state index is 10.5. The molecule has 0 unspecified atom stereocenters. The molecule has 0 aliphatic carbocycles. The van der Waals surface area contributed by atoms with Crippen molar-refractivity contribution in [3.63, 3.8) is 0 Å². The molecule has 0 aromatic carbocycles. The molecule has 0 aliphatic rings. The van der Waals surface area contributed by atoms with Crippen molar-refractivity contribution in [3.8, 4) is 0 Å². The molecule has 1 rings (SSSR count). The van der Waals surface area contributed by atoms with E-state index < -0.39 is 5.97 Å². The zero-order valence-electron chi connectivity index (χ0n) is 6.02. The van der Waals surface area contributed by atoms with Gasteiger partial charge in [0.1, 0.15) is 0 Å². The Morgan fingerprint density at radius 2 is 2.42 bits per heavy atom. The smallest absolute Gasteiger partial charge is 0.328 e. The minimum Gasteiger partial charge on any atom is -0.478 e. The lowest BCUT2D eigenvalue weighted by Gasteiger charge is -1.87. The molecule has 0 atom stereocenters. The van der Waals surface area contributed by atoms with Crippen LogP contribution in [-0.2, 0) is 4.79 Å². The Labute approximate surface area is 67.4 Å². The van der Waals surface area contributed by atoms with Gasteiger partial charge in [-0.15, -0.1) is 0 Å². The summed E-state index contributed by atoms with van der Waals surface area (Å²) in [5.41, 5.74) is 0.0828. The number of aromatic amines is 1. The van der Waals surface area contributed by atoms with Crippen LogP contribution in [-0.4, -0.2) is 21.0 Å². The zero-order chi connectivity index (χ0) is 8.97. The third kappa shape index (κ3) is 2.37. The molecule has 12 heavy (non-hydrogen) atoms. The highest BCUT2D eigenvalue weighted by atomic mass is 16.4. The SMILES string of the molecule is O=C(O)C=Cc1c[nH]c(=O)cn1. The molecule has 0 radical (unpaired) electrons. The van der Waals surface area contributed by atoms with Gasteiger partial charge in [0.15, 0.2) is 0 Å². The fourth-order valence-electron chi connectivity index (χ4n) is 0.601. The molecular formula is C7H6N2O3. The topological polar surface area (TPSA) is 83.0 Å². The maximum atomic E-state index is 10.5. The number of H-pyrrole nitrogens is 1. The van der Waals surface area contributed by atoms with Gasteiger partial charge in [-0.3, -0.25) is 4.79 Å². The van der Waals surface area contributed by atoms with E-state index in [1.165, 1.54) is 12.3 Å². The first-order chi connectivity index (χ1) is 5.68. The van der Waals surface area contributed by atoms with Crippen molar-refractivity contribution in [3.05, 3.63) is 34.5 Å². The number of hydrogen-bond donors (Lipinski definition) is 2. The number of carboxylic acids is 1. The minimum absolute atomic E-state index is 0.317. The summed E-state index contributed by atoms with van der Waals surface area (Å²) in [4.78, 5) is 26.6. The molecule has 0 bridgehead atoms. The van der Waals surface area contributed by atoms with Crippen molar-refractivity contribution in [1.29, 1.82) is 0 Å². The number of aliphatic carboxylic acids is 1. The van der Waals surface area contributed by atoms with E-state index in [4.69, 9.17) is 5.11 Å². The molecule has 0 aliphatic heterocycles. The highest BCUT2D eigenvalue weighted by molar-refractivity contribution is 5.84. The number of hydrogen-bond acceptors (Lipinski definition) is 3. The van der Waals surface area contributed by atoms with E-state index in [9.17, 15) is 9.59 Å². The molecule has 0 amide bonds. The Bertz CT molecular complexity index is 347. The standard InChI is InChI=1S/C7H6N2O3/c10-6-4-8-5(3-9-6)1-2-7(11)12/h1-4H,(H,9,10)(H,11,12). The Morgan fingerprint density at radius 3 is 2.92 bits per heavy atom. The van der Waals surface area contributed by atoms with Crippen LogP contribution in [0, 0.1) is 0 Å². The Kier molecular flexibility index (Phi) is 2.37. The van der Waals surface area contributed by atoms with Crippen LogP contribution in [0.5, 0.6) is 0 Å². The number of carbonyl (C=O) groups is 1. The van der Waals surface area contributed by atoms with Crippen molar-refractivity contribution in [2.75, 3.05) is 0 Å².